The summed E-state index contributed by atoms with van der Waals surface area (Å²) in [6, 6.07) is 6.37. The maximum Gasteiger partial charge on any atom is 0.145 e. The standard InChI is InChI=1S/C12H16N2O/c1-8-3-4-9(2)11(5-8)12-6-10(7-13)15-14-12/h3-5,10H,6-7,13H2,1-2H3. The third-order valence-corrected chi connectivity index (χ3v) is 2.70. The van der Waals surface area contributed by atoms with Crippen LogP contribution >= 0.6 is 0 Å². The molecular formula is C12H16N2O. The van der Waals surface area contributed by atoms with Crippen molar-refractivity contribution in [2.75, 3.05) is 6.54 Å². The van der Waals surface area contributed by atoms with E-state index in [1.54, 1.807) is 0 Å². The Hall–Kier alpha value is -1.35. The first kappa shape index (κ1) is 10.2. The van der Waals surface area contributed by atoms with Crippen LogP contribution in [-0.2, 0) is 4.84 Å². The van der Waals surface area contributed by atoms with Crippen molar-refractivity contribution in [3.05, 3.63) is 34.9 Å². The van der Waals surface area contributed by atoms with Gasteiger partial charge in [0.2, 0.25) is 0 Å². The molecule has 1 aromatic rings. The Kier molecular flexibility index (Phi) is 2.73. The minimum Gasteiger partial charge on any atom is -0.390 e. The van der Waals surface area contributed by atoms with Gasteiger partial charge in [-0.05, 0) is 25.5 Å². The van der Waals surface area contributed by atoms with Gasteiger partial charge >= 0.3 is 0 Å². The molecule has 1 aliphatic rings. The van der Waals surface area contributed by atoms with Gasteiger partial charge in [-0.1, -0.05) is 22.9 Å². The van der Waals surface area contributed by atoms with Crippen LogP contribution in [0.2, 0.25) is 0 Å². The van der Waals surface area contributed by atoms with E-state index < -0.39 is 0 Å². The van der Waals surface area contributed by atoms with E-state index in [2.05, 4.69) is 37.2 Å². The van der Waals surface area contributed by atoms with Gasteiger partial charge in [0.25, 0.3) is 0 Å². The van der Waals surface area contributed by atoms with Crippen molar-refractivity contribution >= 4 is 5.71 Å². The van der Waals surface area contributed by atoms with Crippen molar-refractivity contribution in [2.24, 2.45) is 10.9 Å². The summed E-state index contributed by atoms with van der Waals surface area (Å²) in [6.45, 7) is 4.70. The lowest BCUT2D eigenvalue weighted by Gasteiger charge is -2.06. The highest BCUT2D eigenvalue weighted by Gasteiger charge is 2.21. The smallest absolute Gasteiger partial charge is 0.145 e. The molecule has 1 unspecified atom stereocenters. The SMILES string of the molecule is Cc1ccc(C)c(C2=NOC(CN)C2)c1. The van der Waals surface area contributed by atoms with E-state index in [9.17, 15) is 0 Å². The van der Waals surface area contributed by atoms with Crippen LogP contribution in [0.1, 0.15) is 23.1 Å². The molecule has 80 valence electrons. The lowest BCUT2D eigenvalue weighted by Crippen LogP contribution is -2.20. The summed E-state index contributed by atoms with van der Waals surface area (Å²) in [5.41, 5.74) is 10.2. The maximum absolute atomic E-state index is 5.54. The number of aryl methyl sites for hydroxylation is 2. The minimum atomic E-state index is 0.0555. The maximum atomic E-state index is 5.54. The zero-order chi connectivity index (χ0) is 10.8. The van der Waals surface area contributed by atoms with Crippen molar-refractivity contribution in [1.82, 2.24) is 0 Å². The van der Waals surface area contributed by atoms with Crippen LogP contribution in [0, 0.1) is 13.8 Å². The quantitative estimate of drug-likeness (QED) is 0.797. The predicted molar refractivity (Wildman–Crippen MR) is 61.0 cm³/mol. The van der Waals surface area contributed by atoms with Crippen LogP contribution in [-0.4, -0.2) is 18.4 Å². The normalized spacial score (nSPS) is 19.9. The number of hydrogen-bond donors (Lipinski definition) is 1. The average Bonchev–Trinajstić information content (AvgIpc) is 2.70. The summed E-state index contributed by atoms with van der Waals surface area (Å²) >= 11 is 0. The highest BCUT2D eigenvalue weighted by Crippen LogP contribution is 2.19. The molecule has 15 heavy (non-hydrogen) atoms. The third-order valence-electron chi connectivity index (χ3n) is 2.70. The molecule has 2 N–H and O–H groups in total. The number of nitrogens with two attached hydrogens (primary N) is 1. The Morgan fingerprint density at radius 1 is 1.47 bits per heavy atom. The van der Waals surface area contributed by atoms with Gasteiger partial charge in [-0.25, -0.2) is 0 Å². The first-order valence-electron chi connectivity index (χ1n) is 5.21. The lowest BCUT2D eigenvalue weighted by atomic mass is 9.98. The topological polar surface area (TPSA) is 47.6 Å². The summed E-state index contributed by atoms with van der Waals surface area (Å²) in [6.07, 6.45) is 0.876. The predicted octanol–water partition coefficient (Wildman–Crippen LogP) is 1.76. The molecular weight excluding hydrogens is 188 g/mol. The molecule has 0 radical (unpaired) electrons. The van der Waals surface area contributed by atoms with Gasteiger partial charge in [-0.15, -0.1) is 0 Å². The number of rotatable bonds is 2. The summed E-state index contributed by atoms with van der Waals surface area (Å²) in [5, 5.41) is 4.10. The molecule has 0 fully saturated rings. The van der Waals surface area contributed by atoms with Crippen LogP contribution in [0.25, 0.3) is 0 Å². The van der Waals surface area contributed by atoms with Gasteiger partial charge < -0.3 is 10.6 Å². The highest BCUT2D eigenvalue weighted by molar-refractivity contribution is 6.02. The fraction of sp³-hybridized carbons (Fsp3) is 0.417. The summed E-state index contributed by atoms with van der Waals surface area (Å²) in [7, 11) is 0. The van der Waals surface area contributed by atoms with Crippen LogP contribution < -0.4 is 5.73 Å². The van der Waals surface area contributed by atoms with Crippen LogP contribution in [0.4, 0.5) is 0 Å². The molecule has 0 aromatic heterocycles. The van der Waals surface area contributed by atoms with E-state index in [1.807, 2.05) is 0 Å². The first-order chi connectivity index (χ1) is 7.20. The minimum absolute atomic E-state index is 0.0555. The summed E-state index contributed by atoms with van der Waals surface area (Å²) < 4.78 is 0. The molecule has 0 aliphatic carbocycles. The fourth-order valence-electron chi connectivity index (χ4n) is 1.76. The molecule has 1 aliphatic heterocycles. The second kappa shape index (κ2) is 4.03. The second-order valence-corrected chi connectivity index (χ2v) is 4.02. The van der Waals surface area contributed by atoms with Gasteiger partial charge in [0.05, 0.1) is 5.71 Å². The van der Waals surface area contributed by atoms with Gasteiger partial charge in [0.15, 0.2) is 0 Å². The molecule has 0 saturated heterocycles. The van der Waals surface area contributed by atoms with Crippen LogP contribution in [0.5, 0.6) is 0 Å². The van der Waals surface area contributed by atoms with Crippen molar-refractivity contribution in [2.45, 2.75) is 26.4 Å². The molecule has 0 bridgehead atoms. The molecule has 0 amide bonds. The molecule has 2 rings (SSSR count). The van der Waals surface area contributed by atoms with Crippen LogP contribution in [0.15, 0.2) is 23.4 Å². The molecule has 1 aromatic carbocycles. The van der Waals surface area contributed by atoms with Gasteiger partial charge in [-0.3, -0.25) is 0 Å². The Morgan fingerprint density at radius 3 is 2.93 bits per heavy atom. The van der Waals surface area contributed by atoms with E-state index in [0.29, 0.717) is 6.54 Å². The fourth-order valence-corrected chi connectivity index (χ4v) is 1.76. The Morgan fingerprint density at radius 2 is 2.27 bits per heavy atom. The van der Waals surface area contributed by atoms with Crippen LogP contribution in [0.3, 0.4) is 0 Å². The first-order valence-corrected chi connectivity index (χ1v) is 5.21. The average molecular weight is 204 g/mol. The Bertz CT molecular complexity index is 399. The Labute approximate surface area is 89.9 Å². The van der Waals surface area contributed by atoms with Crippen molar-refractivity contribution in [1.29, 1.82) is 0 Å². The largest absolute Gasteiger partial charge is 0.390 e. The van der Waals surface area contributed by atoms with E-state index >= 15 is 0 Å². The zero-order valence-corrected chi connectivity index (χ0v) is 9.16. The van der Waals surface area contributed by atoms with E-state index in [-0.39, 0.29) is 6.10 Å². The monoisotopic (exact) mass is 204 g/mol. The molecule has 3 nitrogen and oxygen atoms in total. The number of benzene rings is 1. The number of nitrogens with zero attached hydrogens (tertiary/aromatic N) is 1. The third kappa shape index (κ3) is 2.02. The van der Waals surface area contributed by atoms with E-state index in [0.717, 1.165) is 12.1 Å². The van der Waals surface area contributed by atoms with E-state index in [1.165, 1.54) is 16.7 Å². The van der Waals surface area contributed by atoms with E-state index in [4.69, 9.17) is 10.6 Å². The number of oxime groups is 1. The van der Waals surface area contributed by atoms with Crippen molar-refractivity contribution < 1.29 is 4.84 Å². The van der Waals surface area contributed by atoms with Gasteiger partial charge in [0.1, 0.15) is 6.10 Å². The second-order valence-electron chi connectivity index (χ2n) is 4.02. The molecule has 1 atom stereocenters. The highest BCUT2D eigenvalue weighted by atomic mass is 16.6. The summed E-state index contributed by atoms with van der Waals surface area (Å²) in [4.78, 5) is 5.23. The van der Waals surface area contributed by atoms with Gasteiger partial charge in [0, 0.05) is 18.5 Å². The molecule has 0 spiro atoms. The van der Waals surface area contributed by atoms with Gasteiger partial charge in [-0.2, -0.15) is 0 Å². The van der Waals surface area contributed by atoms with Crippen molar-refractivity contribution in [3.8, 4) is 0 Å². The molecule has 3 heteroatoms. The molecule has 1 heterocycles. The zero-order valence-electron chi connectivity index (χ0n) is 9.16. The summed E-state index contributed by atoms with van der Waals surface area (Å²) in [5.74, 6) is 0. The number of hydrogen-bond acceptors (Lipinski definition) is 3. The van der Waals surface area contributed by atoms with Crippen molar-refractivity contribution in [3.63, 3.8) is 0 Å². The molecule has 0 saturated carbocycles. The lowest BCUT2D eigenvalue weighted by molar-refractivity contribution is 0.0918. The Balaban J connectivity index is 2.27.